The predicted octanol–water partition coefficient (Wildman–Crippen LogP) is 5.69. The van der Waals surface area contributed by atoms with Gasteiger partial charge in [-0.3, -0.25) is 0 Å². The first-order chi connectivity index (χ1) is 22.4. The van der Waals surface area contributed by atoms with Crippen LogP contribution in [0.3, 0.4) is 0 Å². The molecule has 262 valence electrons. The number of aryl methyl sites for hydroxylation is 1. The monoisotopic (exact) mass is 780 g/mol. The van der Waals surface area contributed by atoms with E-state index in [0.29, 0.717) is 0 Å². The number of hydrogen-bond donors (Lipinski definition) is 0. The average molecular weight is 783 g/mol. The Balaban J connectivity index is 0.00000281. The van der Waals surface area contributed by atoms with Gasteiger partial charge in [0.05, 0.1) is 0 Å². The Morgan fingerprint density at radius 2 is 1.12 bits per heavy atom. The molecule has 0 amide bonds. The topological polar surface area (TPSA) is 0 Å². The summed E-state index contributed by atoms with van der Waals surface area (Å²) in [7, 11) is 0. The number of rotatable bonds is 6. The molecular weight excluding hydrogens is 727 g/mol. The molecule has 0 unspecified atom stereocenters. The van der Waals surface area contributed by atoms with Crippen LogP contribution in [0.5, 0.6) is 0 Å². The number of halogens is 2. The van der Waals surface area contributed by atoms with Gasteiger partial charge in [0.1, 0.15) is 0 Å². The molecule has 0 saturated heterocycles. The standard InChI is InChI=1S/C23H29.C19H22.C5H5.2ClH.Zr/c1-14-9-16-11-17-10-15(2)21(23(6,7)8)13-19(17)18(16)12-20(14)22(3,4)5;1-18(2,16-11-7-5-8-12-16)15-19(3,4)17-13-9-6-10-14-17;1-2-4-5-3-1;;;/h9,12-13H,11H2,1-8H3;5-14H,1-4H3;1-3H,4H2;2*1H;/q;;;;;+2/p-2. The van der Waals surface area contributed by atoms with Crippen LogP contribution in [0, 0.1) is 13.8 Å². The second-order valence-electron chi connectivity index (χ2n) is 17.5. The molecule has 0 N–H and O–H groups in total. The van der Waals surface area contributed by atoms with E-state index >= 15 is 0 Å². The summed E-state index contributed by atoms with van der Waals surface area (Å²) < 4.78 is 5.21. The molecule has 0 saturated carbocycles. The van der Waals surface area contributed by atoms with Crippen molar-refractivity contribution in [3.63, 3.8) is 0 Å². The van der Waals surface area contributed by atoms with Crippen molar-refractivity contribution in [1.29, 1.82) is 0 Å². The van der Waals surface area contributed by atoms with E-state index in [-0.39, 0.29) is 46.5 Å². The molecule has 0 atom stereocenters. The van der Waals surface area contributed by atoms with Gasteiger partial charge >= 0.3 is 301 Å². The molecule has 0 fully saturated rings. The summed E-state index contributed by atoms with van der Waals surface area (Å²) in [5.41, 5.74) is 14.8. The largest absolute Gasteiger partial charge is 1.00 e. The van der Waals surface area contributed by atoms with Crippen molar-refractivity contribution in [2.75, 3.05) is 0 Å². The van der Waals surface area contributed by atoms with Crippen LogP contribution < -0.4 is 28.1 Å². The number of allylic oxidation sites excluding steroid dienone is 4. The van der Waals surface area contributed by atoms with Crippen LogP contribution in [0.1, 0.15) is 120 Å². The van der Waals surface area contributed by atoms with E-state index in [4.69, 9.17) is 0 Å². The number of hydrogen-bond acceptors (Lipinski definition) is 0. The van der Waals surface area contributed by atoms with Gasteiger partial charge in [-0.2, -0.15) is 0 Å². The van der Waals surface area contributed by atoms with E-state index in [1.807, 2.05) is 0 Å². The van der Waals surface area contributed by atoms with Gasteiger partial charge in [0.25, 0.3) is 0 Å². The van der Waals surface area contributed by atoms with E-state index < -0.39 is 21.3 Å². The molecule has 0 aliphatic heterocycles. The zero-order chi connectivity index (χ0) is 34.8. The quantitative estimate of drug-likeness (QED) is 0.208. The molecule has 2 aliphatic carbocycles. The first-order valence-electron chi connectivity index (χ1n) is 18.0. The smallest absolute Gasteiger partial charge is 1.00 e. The molecular formula is C47H56Cl2Zr. The van der Waals surface area contributed by atoms with E-state index in [1.165, 1.54) is 44.5 Å². The van der Waals surface area contributed by atoms with Crippen LogP contribution in [-0.4, -0.2) is 3.21 Å². The van der Waals surface area contributed by atoms with Gasteiger partial charge in [-0.05, 0) is 0 Å². The summed E-state index contributed by atoms with van der Waals surface area (Å²) in [4.78, 5) is 0. The fraction of sp³-hybridized carbons (Fsp3) is 0.383. The van der Waals surface area contributed by atoms with Crippen LogP contribution in [0.4, 0.5) is 0 Å². The molecule has 4 aromatic rings. The third-order valence-corrected chi connectivity index (χ3v) is 20.9. The maximum Gasteiger partial charge on any atom is -1.00 e. The molecule has 2 aliphatic rings. The van der Waals surface area contributed by atoms with E-state index in [9.17, 15) is 0 Å². The summed E-state index contributed by atoms with van der Waals surface area (Å²) >= 11 is -2.91. The maximum atomic E-state index is 2.61. The van der Waals surface area contributed by atoms with E-state index in [0.717, 1.165) is 12.8 Å². The fourth-order valence-electron chi connectivity index (χ4n) is 9.02. The Bertz CT molecular complexity index is 1920. The Morgan fingerprint density at radius 1 is 0.620 bits per heavy atom. The van der Waals surface area contributed by atoms with Crippen LogP contribution in [0.2, 0.25) is 0 Å². The third-order valence-electron chi connectivity index (χ3n) is 11.3. The molecule has 0 heterocycles. The minimum absolute atomic E-state index is 0. The van der Waals surface area contributed by atoms with Crippen LogP contribution in [0.25, 0.3) is 11.1 Å². The van der Waals surface area contributed by atoms with Crippen molar-refractivity contribution < 1.29 is 46.1 Å². The molecule has 0 bridgehead atoms. The van der Waals surface area contributed by atoms with Crippen molar-refractivity contribution in [2.24, 2.45) is 0 Å². The minimum atomic E-state index is -2.91. The second-order valence-corrected chi connectivity index (χ2v) is 23.4. The second kappa shape index (κ2) is 14.6. The molecule has 0 aromatic heterocycles. The van der Waals surface area contributed by atoms with Crippen molar-refractivity contribution in [1.82, 2.24) is 0 Å². The summed E-state index contributed by atoms with van der Waals surface area (Å²) in [5.74, 6) is 0. The summed E-state index contributed by atoms with van der Waals surface area (Å²) in [5, 5.41) is 0. The zero-order valence-corrected chi connectivity index (χ0v) is 36.4. The number of benzene rings is 4. The van der Waals surface area contributed by atoms with Crippen molar-refractivity contribution in [2.45, 2.75) is 118 Å². The predicted molar refractivity (Wildman–Crippen MR) is 207 cm³/mol. The molecule has 6 rings (SSSR count). The molecule has 0 spiro atoms. The number of fused-ring (bicyclic) bond motifs is 3. The van der Waals surface area contributed by atoms with Crippen molar-refractivity contribution in [3.05, 3.63) is 145 Å². The first kappa shape index (κ1) is 40.5. The van der Waals surface area contributed by atoms with Gasteiger partial charge in [0.15, 0.2) is 0 Å². The van der Waals surface area contributed by atoms with Crippen LogP contribution in [-0.2, 0) is 49.3 Å². The molecule has 3 heteroatoms. The SMILES string of the molecule is Cc1cc2c(cc1C(C)(C)C)-c1cc(C(C)(C)C)c(C)[c]([Zr+2]([C]3=CC=CC3)=[C](C(C)(C)c3ccccc3)C(C)(C)c3ccccc3)c1C2.[Cl-].[Cl-]. The van der Waals surface area contributed by atoms with Gasteiger partial charge in [-0.15, -0.1) is 0 Å². The van der Waals surface area contributed by atoms with Crippen LogP contribution in [0.15, 0.2) is 100 Å². The molecule has 0 nitrogen and oxygen atoms in total. The minimum Gasteiger partial charge on any atom is -1.00 e. The van der Waals surface area contributed by atoms with Gasteiger partial charge in [0.2, 0.25) is 0 Å². The van der Waals surface area contributed by atoms with Gasteiger partial charge in [0, 0.05) is 0 Å². The van der Waals surface area contributed by atoms with Gasteiger partial charge < -0.3 is 24.8 Å². The molecule has 4 aromatic carbocycles. The van der Waals surface area contributed by atoms with Crippen molar-refractivity contribution >= 4 is 6.48 Å². The summed E-state index contributed by atoms with van der Waals surface area (Å²) in [6.07, 6.45) is 9.38. The Morgan fingerprint density at radius 3 is 1.58 bits per heavy atom. The maximum absolute atomic E-state index is 2.91. The normalized spacial score (nSPS) is 13.8. The van der Waals surface area contributed by atoms with Crippen molar-refractivity contribution in [3.8, 4) is 11.1 Å². The molecule has 0 radical (unpaired) electrons. The summed E-state index contributed by atoms with van der Waals surface area (Å²) in [6.45, 7) is 29.3. The third kappa shape index (κ3) is 7.19. The Hall–Kier alpha value is -2.31. The first-order valence-corrected chi connectivity index (χ1v) is 21.7. The van der Waals surface area contributed by atoms with Crippen LogP contribution >= 0.6 is 0 Å². The van der Waals surface area contributed by atoms with E-state index in [2.05, 4.69) is 180 Å². The van der Waals surface area contributed by atoms with E-state index in [1.54, 1.807) is 20.9 Å². The Kier molecular flexibility index (Phi) is 11.8. The molecule has 50 heavy (non-hydrogen) atoms. The summed E-state index contributed by atoms with van der Waals surface area (Å²) in [6, 6.07) is 30.5. The fourth-order valence-corrected chi connectivity index (χ4v) is 19.0. The zero-order valence-electron chi connectivity index (χ0n) is 32.4. The van der Waals surface area contributed by atoms with Gasteiger partial charge in [-0.1, -0.05) is 0 Å². The Labute approximate surface area is 323 Å². The average Bonchev–Trinajstić information content (AvgIpc) is 3.67. The van der Waals surface area contributed by atoms with Gasteiger partial charge in [-0.25, -0.2) is 0 Å².